The summed E-state index contributed by atoms with van der Waals surface area (Å²) in [5, 5.41) is 12.7. The molecule has 16 heavy (non-hydrogen) atoms. The van der Waals surface area contributed by atoms with Crippen LogP contribution < -0.4 is 5.32 Å². The molecule has 0 heterocycles. The normalized spacial score (nSPS) is 12.2. The number of carboxylic acid groups (broad SMARTS) is 1. The van der Waals surface area contributed by atoms with Gasteiger partial charge in [0.1, 0.15) is 0 Å². The summed E-state index contributed by atoms with van der Waals surface area (Å²) in [6, 6.07) is 5.33. The Bertz CT molecular complexity index is 379. The lowest BCUT2D eigenvalue weighted by Crippen LogP contribution is -2.15. The molecule has 1 unspecified atom stereocenters. The van der Waals surface area contributed by atoms with Crippen molar-refractivity contribution in [1.82, 2.24) is 0 Å². The van der Waals surface area contributed by atoms with Gasteiger partial charge in [-0.2, -0.15) is 11.8 Å². The van der Waals surface area contributed by atoms with E-state index < -0.39 is 5.97 Å². The fourth-order valence-corrected chi connectivity index (χ4v) is 1.58. The van der Waals surface area contributed by atoms with E-state index in [0.29, 0.717) is 16.5 Å². The third-order valence-electron chi connectivity index (χ3n) is 2.39. The number of hydrogen-bond donors (Lipinski definition) is 2. The van der Waals surface area contributed by atoms with Crippen molar-refractivity contribution in [2.75, 3.05) is 18.1 Å². The molecule has 0 aliphatic rings. The number of carboxylic acids is 1. The van der Waals surface area contributed by atoms with Crippen LogP contribution in [0.25, 0.3) is 0 Å². The Kier molecular flexibility index (Phi) is 4.68. The Morgan fingerprint density at radius 1 is 1.56 bits per heavy atom. The number of rotatable bonds is 5. The summed E-state index contributed by atoms with van der Waals surface area (Å²) in [6.45, 7) is 4.83. The molecule has 1 aromatic carbocycles. The molecule has 1 rings (SSSR count). The molecule has 0 bridgehead atoms. The van der Waals surface area contributed by atoms with Gasteiger partial charge in [0, 0.05) is 17.5 Å². The second-order valence-electron chi connectivity index (χ2n) is 3.78. The Labute approximate surface area is 100 Å². The molecule has 88 valence electrons. The average molecular weight is 239 g/mol. The van der Waals surface area contributed by atoms with Gasteiger partial charge in [-0.3, -0.25) is 0 Å². The molecule has 0 saturated carbocycles. The first kappa shape index (κ1) is 12.9. The molecule has 0 aliphatic carbocycles. The third kappa shape index (κ3) is 3.45. The second-order valence-corrected chi connectivity index (χ2v) is 5.06. The summed E-state index contributed by atoms with van der Waals surface area (Å²) < 4.78 is 0. The van der Waals surface area contributed by atoms with Crippen molar-refractivity contribution in [3.05, 3.63) is 29.3 Å². The van der Waals surface area contributed by atoms with Crippen LogP contribution in [0.1, 0.15) is 22.8 Å². The zero-order valence-electron chi connectivity index (χ0n) is 9.78. The molecule has 0 amide bonds. The van der Waals surface area contributed by atoms with E-state index in [1.165, 1.54) is 0 Å². The van der Waals surface area contributed by atoms with Crippen LogP contribution in [0.2, 0.25) is 0 Å². The van der Waals surface area contributed by atoms with Crippen LogP contribution in [0.5, 0.6) is 0 Å². The highest BCUT2D eigenvalue weighted by Gasteiger charge is 2.10. The molecule has 0 saturated heterocycles. The fourth-order valence-electron chi connectivity index (χ4n) is 1.33. The van der Waals surface area contributed by atoms with Crippen molar-refractivity contribution < 1.29 is 9.90 Å². The summed E-state index contributed by atoms with van der Waals surface area (Å²) in [6.07, 6.45) is 2.04. The van der Waals surface area contributed by atoms with Crippen LogP contribution in [0.4, 0.5) is 5.69 Å². The summed E-state index contributed by atoms with van der Waals surface area (Å²) in [5.74, 6) is -0.890. The van der Waals surface area contributed by atoms with Gasteiger partial charge in [0.2, 0.25) is 0 Å². The molecule has 1 atom stereocenters. The number of hydrogen-bond acceptors (Lipinski definition) is 3. The van der Waals surface area contributed by atoms with Crippen LogP contribution in [0, 0.1) is 6.92 Å². The van der Waals surface area contributed by atoms with Crippen LogP contribution >= 0.6 is 11.8 Å². The molecule has 0 aromatic heterocycles. The molecular formula is C12H17NO2S. The maximum absolute atomic E-state index is 11.0. The van der Waals surface area contributed by atoms with Gasteiger partial charge in [0.15, 0.2) is 0 Å². The lowest BCUT2D eigenvalue weighted by Gasteiger charge is -2.13. The third-order valence-corrected chi connectivity index (χ3v) is 3.36. The van der Waals surface area contributed by atoms with Crippen molar-refractivity contribution in [3.63, 3.8) is 0 Å². The number of nitrogens with one attached hydrogen (secondary N) is 1. The number of carbonyl (C=O) groups is 1. The maximum Gasteiger partial charge on any atom is 0.337 e. The minimum Gasteiger partial charge on any atom is -0.478 e. The van der Waals surface area contributed by atoms with E-state index in [1.807, 2.05) is 25.3 Å². The highest BCUT2D eigenvalue weighted by atomic mass is 32.2. The van der Waals surface area contributed by atoms with Gasteiger partial charge < -0.3 is 10.4 Å². The number of thioether (sulfide) groups is 1. The quantitative estimate of drug-likeness (QED) is 0.829. The Balaban J connectivity index is 2.84. The lowest BCUT2D eigenvalue weighted by molar-refractivity contribution is 0.0698. The molecular weight excluding hydrogens is 222 g/mol. The lowest BCUT2D eigenvalue weighted by atomic mass is 10.1. The Morgan fingerprint density at radius 3 is 2.81 bits per heavy atom. The molecule has 2 N–H and O–H groups in total. The highest BCUT2D eigenvalue weighted by molar-refractivity contribution is 7.99. The minimum atomic E-state index is -0.890. The van der Waals surface area contributed by atoms with Gasteiger partial charge in [0.05, 0.1) is 5.56 Å². The van der Waals surface area contributed by atoms with Gasteiger partial charge >= 0.3 is 5.97 Å². The predicted octanol–water partition coefficient (Wildman–Crippen LogP) is 2.86. The summed E-state index contributed by atoms with van der Waals surface area (Å²) >= 11 is 1.75. The minimum absolute atomic E-state index is 0.332. The summed E-state index contributed by atoms with van der Waals surface area (Å²) in [5.41, 5.74) is 2.09. The van der Waals surface area contributed by atoms with E-state index in [9.17, 15) is 4.79 Å². The fraction of sp³-hybridized carbons (Fsp3) is 0.417. The Morgan fingerprint density at radius 2 is 2.25 bits per heavy atom. The molecule has 1 aromatic rings. The first-order valence-corrected chi connectivity index (χ1v) is 6.44. The molecule has 3 nitrogen and oxygen atoms in total. The van der Waals surface area contributed by atoms with E-state index in [4.69, 9.17) is 5.11 Å². The van der Waals surface area contributed by atoms with E-state index in [-0.39, 0.29) is 0 Å². The van der Waals surface area contributed by atoms with E-state index in [0.717, 1.165) is 12.1 Å². The zero-order chi connectivity index (χ0) is 12.1. The van der Waals surface area contributed by atoms with Gasteiger partial charge in [-0.15, -0.1) is 0 Å². The van der Waals surface area contributed by atoms with E-state index in [2.05, 4.69) is 12.2 Å². The predicted molar refractivity (Wildman–Crippen MR) is 69.6 cm³/mol. The van der Waals surface area contributed by atoms with Crippen molar-refractivity contribution in [3.8, 4) is 0 Å². The number of aryl methyl sites for hydroxylation is 1. The first-order valence-electron chi connectivity index (χ1n) is 5.15. The zero-order valence-corrected chi connectivity index (χ0v) is 10.6. The number of anilines is 1. The number of benzene rings is 1. The van der Waals surface area contributed by atoms with Crippen molar-refractivity contribution >= 4 is 23.4 Å². The van der Waals surface area contributed by atoms with Crippen LogP contribution in [0.3, 0.4) is 0 Å². The molecule has 0 fully saturated rings. The van der Waals surface area contributed by atoms with Gasteiger partial charge in [0.25, 0.3) is 0 Å². The molecule has 0 radical (unpaired) electrons. The van der Waals surface area contributed by atoms with Crippen LogP contribution in [0.15, 0.2) is 18.2 Å². The summed E-state index contributed by atoms with van der Waals surface area (Å²) in [4.78, 5) is 11.0. The van der Waals surface area contributed by atoms with Crippen molar-refractivity contribution in [2.24, 2.45) is 0 Å². The highest BCUT2D eigenvalue weighted by Crippen LogP contribution is 2.18. The van der Waals surface area contributed by atoms with Gasteiger partial charge in [-0.25, -0.2) is 4.79 Å². The Hall–Kier alpha value is -1.16. The van der Waals surface area contributed by atoms with Gasteiger partial charge in [-0.05, 0) is 30.9 Å². The van der Waals surface area contributed by atoms with Crippen molar-refractivity contribution in [2.45, 2.75) is 19.1 Å². The molecule has 0 spiro atoms. The molecule has 4 heteroatoms. The largest absolute Gasteiger partial charge is 0.478 e. The number of aromatic carboxylic acids is 1. The monoisotopic (exact) mass is 239 g/mol. The maximum atomic E-state index is 11.0. The standard InChI is InChI=1S/C12H17NO2S/c1-8-4-5-10(12(14)15)11(6-8)13-7-9(2)16-3/h4-6,9,13H,7H2,1-3H3,(H,14,15). The second kappa shape index (κ2) is 5.80. The first-order chi connectivity index (χ1) is 7.54. The van der Waals surface area contributed by atoms with Crippen LogP contribution in [-0.4, -0.2) is 29.1 Å². The average Bonchev–Trinajstić information content (AvgIpc) is 2.25. The summed E-state index contributed by atoms with van der Waals surface area (Å²) in [7, 11) is 0. The van der Waals surface area contributed by atoms with E-state index >= 15 is 0 Å². The van der Waals surface area contributed by atoms with Crippen molar-refractivity contribution in [1.29, 1.82) is 0 Å². The topological polar surface area (TPSA) is 49.3 Å². The molecule has 0 aliphatic heterocycles. The smallest absolute Gasteiger partial charge is 0.337 e. The SMILES string of the molecule is CSC(C)CNc1cc(C)ccc1C(=O)O. The van der Waals surface area contributed by atoms with E-state index in [1.54, 1.807) is 17.8 Å². The van der Waals surface area contributed by atoms with Gasteiger partial charge in [-0.1, -0.05) is 13.0 Å². The van der Waals surface area contributed by atoms with Crippen LogP contribution in [-0.2, 0) is 0 Å².